The highest BCUT2D eigenvalue weighted by molar-refractivity contribution is 6.02. The monoisotopic (exact) mass is 421 g/mol. The van der Waals surface area contributed by atoms with E-state index in [9.17, 15) is 9.90 Å². The van der Waals surface area contributed by atoms with Crippen molar-refractivity contribution in [2.24, 2.45) is 0 Å². The summed E-state index contributed by atoms with van der Waals surface area (Å²) in [6.45, 7) is 5.34. The minimum atomic E-state index is -1.12. The normalized spacial score (nSPS) is 16.8. The molecule has 1 unspecified atom stereocenters. The Kier molecular flexibility index (Phi) is 6.18. The molecule has 162 valence electrons. The summed E-state index contributed by atoms with van der Waals surface area (Å²) in [4.78, 5) is 22.9. The predicted octanol–water partition coefficient (Wildman–Crippen LogP) is 4.29. The quantitative estimate of drug-likeness (QED) is 0.546. The molecule has 1 aromatic heterocycles. The van der Waals surface area contributed by atoms with Gasteiger partial charge in [0.05, 0.1) is 18.5 Å². The van der Waals surface area contributed by atoms with Gasteiger partial charge in [0, 0.05) is 29.7 Å². The number of aromatic nitrogens is 2. The number of hydrogen-bond donors (Lipinski definition) is 3. The number of likely N-dealkylation sites (N-methyl/N-ethyl adjacent to an activating group) is 1. The molecule has 31 heavy (non-hydrogen) atoms. The number of ether oxygens (including phenoxy) is 1. The van der Waals surface area contributed by atoms with Gasteiger partial charge in [0.1, 0.15) is 5.75 Å². The molecular formula is C23H27N5O3. The highest BCUT2D eigenvalue weighted by atomic mass is 16.5. The minimum Gasteiger partial charge on any atom is -0.497 e. The number of likely N-dealkylation sites (tertiary alicyclic amines) is 1. The maximum Gasteiger partial charge on any atom is 0.409 e. The summed E-state index contributed by atoms with van der Waals surface area (Å²) in [5, 5.41) is 16.9. The van der Waals surface area contributed by atoms with E-state index in [-0.39, 0.29) is 0 Å². The molecule has 2 aromatic carbocycles. The largest absolute Gasteiger partial charge is 0.497 e. The molecular weight excluding hydrogens is 394 g/mol. The van der Waals surface area contributed by atoms with Crippen LogP contribution in [-0.4, -0.2) is 58.9 Å². The first-order chi connectivity index (χ1) is 15.1. The van der Waals surface area contributed by atoms with E-state index in [0.717, 1.165) is 54.5 Å². The number of anilines is 2. The molecule has 1 saturated heterocycles. The average Bonchev–Trinajstić information content (AvgIpc) is 2.78. The van der Waals surface area contributed by atoms with Gasteiger partial charge in [-0.3, -0.25) is 5.32 Å². The van der Waals surface area contributed by atoms with Crippen molar-refractivity contribution in [2.45, 2.75) is 25.8 Å². The van der Waals surface area contributed by atoms with Gasteiger partial charge in [0.15, 0.2) is 0 Å². The molecule has 0 bridgehead atoms. The first kappa shape index (κ1) is 20.9. The predicted molar refractivity (Wildman–Crippen MR) is 122 cm³/mol. The van der Waals surface area contributed by atoms with Gasteiger partial charge in [-0.25, -0.2) is 14.8 Å². The van der Waals surface area contributed by atoms with Crippen LogP contribution in [0.4, 0.5) is 16.4 Å². The first-order valence-electron chi connectivity index (χ1n) is 10.5. The molecule has 3 N–H and O–H groups in total. The molecule has 3 aromatic rings. The summed E-state index contributed by atoms with van der Waals surface area (Å²) >= 11 is 0. The molecule has 4 rings (SSSR count). The number of nitrogens with zero attached hydrogens (tertiary/aromatic N) is 3. The molecule has 0 aliphatic carbocycles. The van der Waals surface area contributed by atoms with E-state index in [2.05, 4.69) is 27.4 Å². The molecule has 1 aliphatic heterocycles. The number of methoxy groups -OCH3 is 1. The number of piperidine rings is 1. The van der Waals surface area contributed by atoms with Crippen molar-refractivity contribution in [1.82, 2.24) is 14.9 Å². The minimum absolute atomic E-state index is 0.317. The number of rotatable bonds is 6. The molecule has 1 aliphatic rings. The van der Waals surface area contributed by atoms with Crippen LogP contribution in [0.5, 0.6) is 5.75 Å². The summed E-state index contributed by atoms with van der Waals surface area (Å²) in [6.07, 6.45) is 2.86. The Bertz CT molecular complexity index is 1090. The smallest absolute Gasteiger partial charge is 0.409 e. The third-order valence-corrected chi connectivity index (χ3v) is 5.64. The van der Waals surface area contributed by atoms with Crippen LogP contribution in [0, 0.1) is 0 Å². The SMILES string of the molecule is CCN1CCCC(Nc2nccc(-c3cc(NC(=O)O)c4cc(OC)ccc4c3)n2)C1. The fourth-order valence-corrected chi connectivity index (χ4v) is 4.06. The summed E-state index contributed by atoms with van der Waals surface area (Å²) in [6, 6.07) is 11.5. The number of amides is 1. The third-order valence-electron chi connectivity index (χ3n) is 5.64. The molecule has 1 atom stereocenters. The van der Waals surface area contributed by atoms with Crippen molar-refractivity contribution in [3.8, 4) is 17.0 Å². The van der Waals surface area contributed by atoms with Gasteiger partial charge < -0.3 is 20.1 Å². The molecule has 8 nitrogen and oxygen atoms in total. The van der Waals surface area contributed by atoms with E-state index < -0.39 is 6.09 Å². The van der Waals surface area contributed by atoms with Gasteiger partial charge in [0.2, 0.25) is 5.95 Å². The topological polar surface area (TPSA) is 99.6 Å². The highest BCUT2D eigenvalue weighted by Gasteiger charge is 2.19. The van der Waals surface area contributed by atoms with E-state index in [1.54, 1.807) is 19.4 Å². The molecule has 0 saturated carbocycles. The zero-order valence-electron chi connectivity index (χ0n) is 17.8. The second kappa shape index (κ2) is 9.18. The van der Waals surface area contributed by atoms with Crippen molar-refractivity contribution >= 4 is 28.5 Å². The maximum absolute atomic E-state index is 11.4. The Morgan fingerprint density at radius 3 is 2.94 bits per heavy atom. The number of benzene rings is 2. The molecule has 2 heterocycles. The van der Waals surface area contributed by atoms with Crippen LogP contribution in [0.3, 0.4) is 0 Å². The maximum atomic E-state index is 11.4. The number of hydrogen-bond acceptors (Lipinski definition) is 6. The fourth-order valence-electron chi connectivity index (χ4n) is 4.06. The lowest BCUT2D eigenvalue weighted by Gasteiger charge is -2.32. The number of carbonyl (C=O) groups is 1. The van der Waals surface area contributed by atoms with Gasteiger partial charge in [-0.05, 0) is 61.6 Å². The number of nitrogens with one attached hydrogen (secondary N) is 2. The van der Waals surface area contributed by atoms with E-state index in [4.69, 9.17) is 9.72 Å². The van der Waals surface area contributed by atoms with Gasteiger partial charge >= 0.3 is 6.09 Å². The Balaban J connectivity index is 1.66. The lowest BCUT2D eigenvalue weighted by molar-refractivity contribution is 0.210. The Labute approximate surface area is 181 Å². The summed E-state index contributed by atoms with van der Waals surface area (Å²) in [5.74, 6) is 1.25. The third kappa shape index (κ3) is 4.86. The van der Waals surface area contributed by atoms with Crippen molar-refractivity contribution in [2.75, 3.05) is 37.4 Å². The molecule has 0 spiro atoms. The van der Waals surface area contributed by atoms with Crippen LogP contribution in [0.2, 0.25) is 0 Å². The zero-order chi connectivity index (χ0) is 21.8. The van der Waals surface area contributed by atoms with Crippen molar-refractivity contribution in [3.63, 3.8) is 0 Å². The first-order valence-corrected chi connectivity index (χ1v) is 10.5. The lowest BCUT2D eigenvalue weighted by atomic mass is 10.0. The van der Waals surface area contributed by atoms with Crippen molar-refractivity contribution in [1.29, 1.82) is 0 Å². The van der Waals surface area contributed by atoms with Gasteiger partial charge in [-0.2, -0.15) is 0 Å². The molecule has 1 fully saturated rings. The zero-order valence-corrected chi connectivity index (χ0v) is 17.8. The van der Waals surface area contributed by atoms with Gasteiger partial charge in [-0.15, -0.1) is 0 Å². The Morgan fingerprint density at radius 1 is 1.29 bits per heavy atom. The number of fused-ring (bicyclic) bond motifs is 1. The second-order valence-electron chi connectivity index (χ2n) is 7.68. The number of carboxylic acid groups (broad SMARTS) is 1. The van der Waals surface area contributed by atoms with E-state index in [1.165, 1.54) is 0 Å². The molecule has 8 heteroatoms. The molecule has 1 amide bonds. The van der Waals surface area contributed by atoms with Crippen LogP contribution >= 0.6 is 0 Å². The van der Waals surface area contributed by atoms with Crippen LogP contribution < -0.4 is 15.4 Å². The Hall–Kier alpha value is -3.39. The lowest BCUT2D eigenvalue weighted by Crippen LogP contribution is -2.42. The van der Waals surface area contributed by atoms with Gasteiger partial charge in [0.25, 0.3) is 0 Å². The van der Waals surface area contributed by atoms with E-state index in [1.807, 2.05) is 30.3 Å². The summed E-state index contributed by atoms with van der Waals surface area (Å²) in [7, 11) is 1.58. The Morgan fingerprint density at radius 2 is 2.16 bits per heavy atom. The second-order valence-corrected chi connectivity index (χ2v) is 7.68. The molecule has 0 radical (unpaired) electrons. The summed E-state index contributed by atoms with van der Waals surface area (Å²) < 4.78 is 5.29. The average molecular weight is 422 g/mol. The highest BCUT2D eigenvalue weighted by Crippen LogP contribution is 2.33. The van der Waals surface area contributed by atoms with Crippen LogP contribution in [0.15, 0.2) is 42.6 Å². The standard InChI is InChI=1S/C23H27N5O3/c1-3-28-10-4-5-17(14-28)25-22-24-9-8-20(26-22)16-11-15-6-7-18(31-2)13-19(15)21(12-16)27-23(29)30/h6-9,11-13,17,27H,3-5,10,14H2,1-2H3,(H,29,30)(H,24,25,26). The van der Waals surface area contributed by atoms with Crippen molar-refractivity contribution in [3.05, 3.63) is 42.6 Å². The van der Waals surface area contributed by atoms with Crippen molar-refractivity contribution < 1.29 is 14.6 Å². The van der Waals surface area contributed by atoms with Crippen LogP contribution in [-0.2, 0) is 0 Å². The van der Waals surface area contributed by atoms with Gasteiger partial charge in [-0.1, -0.05) is 13.0 Å². The van der Waals surface area contributed by atoms with Crippen LogP contribution in [0.1, 0.15) is 19.8 Å². The van der Waals surface area contributed by atoms with E-state index >= 15 is 0 Å². The summed E-state index contributed by atoms with van der Waals surface area (Å²) in [5.41, 5.74) is 2.02. The fraction of sp³-hybridized carbons (Fsp3) is 0.348. The van der Waals surface area contributed by atoms with Crippen LogP contribution in [0.25, 0.3) is 22.0 Å². The van der Waals surface area contributed by atoms with E-state index in [0.29, 0.717) is 23.4 Å².